The summed E-state index contributed by atoms with van der Waals surface area (Å²) in [6, 6.07) is 13.4. The quantitative estimate of drug-likeness (QED) is 0.326. The number of para-hydroxylation sites is 1. The summed E-state index contributed by atoms with van der Waals surface area (Å²) in [6.45, 7) is 3.64. The number of ether oxygens (including phenoxy) is 2. The average Bonchev–Trinajstić information content (AvgIpc) is 3.30. The molecule has 0 fully saturated rings. The van der Waals surface area contributed by atoms with Gasteiger partial charge in [-0.25, -0.2) is 0 Å². The highest BCUT2D eigenvalue weighted by atomic mass is 35.5. The van der Waals surface area contributed by atoms with Gasteiger partial charge in [0.15, 0.2) is 11.5 Å². The Kier molecular flexibility index (Phi) is 7.49. The number of carbonyl (C=O) groups excluding carboxylic acids is 2. The lowest BCUT2D eigenvalue weighted by Gasteiger charge is -2.24. The van der Waals surface area contributed by atoms with E-state index in [1.54, 1.807) is 56.3 Å². The molecule has 11 heteroatoms. The predicted molar refractivity (Wildman–Crippen MR) is 134 cm³/mol. The summed E-state index contributed by atoms with van der Waals surface area (Å²) in [7, 11) is 0. The van der Waals surface area contributed by atoms with Crippen molar-refractivity contribution in [3.8, 4) is 11.5 Å². The molecule has 2 amide bonds. The highest BCUT2D eigenvalue weighted by Gasteiger charge is 2.31. The van der Waals surface area contributed by atoms with Crippen LogP contribution in [0.2, 0.25) is 5.02 Å². The van der Waals surface area contributed by atoms with Gasteiger partial charge in [0, 0.05) is 11.8 Å². The van der Waals surface area contributed by atoms with Crippen LogP contribution in [0.3, 0.4) is 0 Å². The zero-order valence-electron chi connectivity index (χ0n) is 19.8. The van der Waals surface area contributed by atoms with E-state index in [0.717, 1.165) is 12.1 Å². The SMILES string of the molecule is CC(C)[C@H](Nc1ccc(C(F)(F)F)cc1Cl)C(=O)Nc1ccccc1C(=O)Nc1ccc2c(c1)OCO2. The third kappa shape index (κ3) is 6.08. The minimum Gasteiger partial charge on any atom is -0.454 e. The van der Waals surface area contributed by atoms with Crippen molar-refractivity contribution in [1.29, 1.82) is 0 Å². The van der Waals surface area contributed by atoms with Crippen molar-refractivity contribution in [1.82, 2.24) is 0 Å². The van der Waals surface area contributed by atoms with Gasteiger partial charge in [-0.15, -0.1) is 0 Å². The van der Waals surface area contributed by atoms with Crippen LogP contribution in [0, 0.1) is 5.92 Å². The fourth-order valence-corrected chi connectivity index (χ4v) is 3.92. The van der Waals surface area contributed by atoms with Crippen molar-refractivity contribution in [3.63, 3.8) is 0 Å². The van der Waals surface area contributed by atoms with Crippen molar-refractivity contribution in [3.05, 3.63) is 76.8 Å². The first-order valence-corrected chi connectivity index (χ1v) is 11.6. The molecule has 7 nitrogen and oxygen atoms in total. The van der Waals surface area contributed by atoms with Gasteiger partial charge in [0.25, 0.3) is 5.91 Å². The normalized spacial score (nSPS) is 13.3. The molecule has 1 aliphatic heterocycles. The second-order valence-corrected chi connectivity index (χ2v) is 9.02. The smallest absolute Gasteiger partial charge is 0.416 e. The number of anilines is 3. The maximum Gasteiger partial charge on any atom is 0.416 e. The van der Waals surface area contributed by atoms with Gasteiger partial charge < -0.3 is 25.4 Å². The lowest BCUT2D eigenvalue weighted by Crippen LogP contribution is -2.39. The van der Waals surface area contributed by atoms with E-state index >= 15 is 0 Å². The molecule has 4 rings (SSSR count). The predicted octanol–water partition coefficient (Wildman–Crippen LogP) is 6.42. The Morgan fingerprint density at radius 2 is 1.65 bits per heavy atom. The molecule has 0 radical (unpaired) electrons. The highest BCUT2D eigenvalue weighted by Crippen LogP contribution is 2.35. The minimum absolute atomic E-state index is 0.102. The van der Waals surface area contributed by atoms with Gasteiger partial charge >= 0.3 is 6.18 Å². The molecule has 0 bridgehead atoms. The number of nitrogens with one attached hydrogen (secondary N) is 3. The number of alkyl halides is 3. The van der Waals surface area contributed by atoms with Gasteiger partial charge in [-0.05, 0) is 48.4 Å². The van der Waals surface area contributed by atoms with Crippen LogP contribution < -0.4 is 25.4 Å². The van der Waals surface area contributed by atoms with Crippen LogP contribution in [-0.4, -0.2) is 24.6 Å². The monoisotopic (exact) mass is 533 g/mol. The summed E-state index contributed by atoms with van der Waals surface area (Å²) in [6.07, 6.45) is -4.54. The summed E-state index contributed by atoms with van der Waals surface area (Å²) in [5.41, 5.74) is 0.239. The number of benzene rings is 3. The van der Waals surface area contributed by atoms with Gasteiger partial charge in [0.05, 0.1) is 27.5 Å². The fraction of sp³-hybridized carbons (Fsp3) is 0.231. The standard InChI is InChI=1S/C26H23ClF3N3O4/c1-14(2)23(32-20-9-7-15(11-18(20)27)26(28,29)30)25(35)33-19-6-4-3-5-17(19)24(34)31-16-8-10-21-22(12-16)37-13-36-21/h3-12,14,23,32H,13H2,1-2H3,(H,31,34)(H,33,35)/t23-/m0/s1. The molecule has 3 aromatic rings. The average molecular weight is 534 g/mol. The maximum atomic E-state index is 13.2. The Hall–Kier alpha value is -3.92. The second-order valence-electron chi connectivity index (χ2n) is 8.62. The Labute approximate surface area is 215 Å². The van der Waals surface area contributed by atoms with E-state index in [2.05, 4.69) is 16.0 Å². The van der Waals surface area contributed by atoms with Crippen LogP contribution in [0.15, 0.2) is 60.7 Å². The first-order chi connectivity index (χ1) is 17.5. The van der Waals surface area contributed by atoms with Gasteiger partial charge in [0.2, 0.25) is 12.7 Å². The summed E-state index contributed by atoms with van der Waals surface area (Å²) < 4.78 is 49.5. The van der Waals surface area contributed by atoms with E-state index in [9.17, 15) is 22.8 Å². The first kappa shape index (κ1) is 26.2. The van der Waals surface area contributed by atoms with Crippen molar-refractivity contribution >= 4 is 40.5 Å². The molecule has 194 valence electrons. The van der Waals surface area contributed by atoms with E-state index in [1.807, 2.05) is 0 Å². The Bertz CT molecular complexity index is 1330. The summed E-state index contributed by atoms with van der Waals surface area (Å²) in [5.74, 6) is -0.143. The Morgan fingerprint density at radius 1 is 0.919 bits per heavy atom. The molecule has 3 N–H and O–H groups in total. The molecule has 0 unspecified atom stereocenters. The molecule has 1 aliphatic rings. The number of carbonyl (C=O) groups is 2. The lowest BCUT2D eigenvalue weighted by atomic mass is 10.0. The van der Waals surface area contributed by atoms with E-state index in [-0.39, 0.29) is 34.7 Å². The molecule has 0 aliphatic carbocycles. The van der Waals surface area contributed by atoms with Gasteiger partial charge in [-0.1, -0.05) is 37.6 Å². The topological polar surface area (TPSA) is 88.7 Å². The van der Waals surface area contributed by atoms with Crippen molar-refractivity contribution in [2.75, 3.05) is 22.7 Å². The number of hydrogen-bond donors (Lipinski definition) is 3. The van der Waals surface area contributed by atoms with Crippen molar-refractivity contribution in [2.24, 2.45) is 5.92 Å². The molecule has 1 heterocycles. The Balaban J connectivity index is 1.50. The Morgan fingerprint density at radius 3 is 2.35 bits per heavy atom. The molecule has 0 spiro atoms. The highest BCUT2D eigenvalue weighted by molar-refractivity contribution is 6.33. The third-order valence-corrected chi connectivity index (χ3v) is 5.93. The zero-order chi connectivity index (χ0) is 26.7. The molecule has 0 aromatic heterocycles. The van der Waals surface area contributed by atoms with Gasteiger partial charge in [-0.3, -0.25) is 9.59 Å². The largest absolute Gasteiger partial charge is 0.454 e. The first-order valence-electron chi connectivity index (χ1n) is 11.3. The van der Waals surface area contributed by atoms with E-state index < -0.39 is 29.6 Å². The molecule has 1 atom stereocenters. The number of halogens is 4. The van der Waals surface area contributed by atoms with Gasteiger partial charge in [0.1, 0.15) is 6.04 Å². The van der Waals surface area contributed by atoms with E-state index in [4.69, 9.17) is 21.1 Å². The number of fused-ring (bicyclic) bond motifs is 1. The van der Waals surface area contributed by atoms with Crippen LogP contribution in [-0.2, 0) is 11.0 Å². The van der Waals surface area contributed by atoms with Crippen LogP contribution in [0.25, 0.3) is 0 Å². The number of rotatable bonds is 7. The van der Waals surface area contributed by atoms with Crippen LogP contribution in [0.1, 0.15) is 29.8 Å². The van der Waals surface area contributed by atoms with Gasteiger partial charge in [-0.2, -0.15) is 13.2 Å². The summed E-state index contributed by atoms with van der Waals surface area (Å²) >= 11 is 6.06. The minimum atomic E-state index is -4.54. The molecule has 0 saturated heterocycles. The lowest BCUT2D eigenvalue weighted by molar-refractivity contribution is -0.137. The second kappa shape index (κ2) is 10.6. The van der Waals surface area contributed by atoms with Crippen molar-refractivity contribution < 1.29 is 32.2 Å². The third-order valence-electron chi connectivity index (χ3n) is 5.62. The van der Waals surface area contributed by atoms with Crippen molar-refractivity contribution in [2.45, 2.75) is 26.1 Å². The summed E-state index contributed by atoms with van der Waals surface area (Å²) in [5, 5.41) is 8.26. The van der Waals surface area contributed by atoms with Crippen LogP contribution >= 0.6 is 11.6 Å². The molecular weight excluding hydrogens is 511 g/mol. The van der Waals surface area contributed by atoms with Crippen LogP contribution in [0.5, 0.6) is 11.5 Å². The maximum absolute atomic E-state index is 13.2. The fourth-order valence-electron chi connectivity index (χ4n) is 3.68. The van der Waals surface area contributed by atoms with E-state index in [1.165, 1.54) is 6.07 Å². The number of amides is 2. The molecule has 3 aromatic carbocycles. The van der Waals surface area contributed by atoms with E-state index in [0.29, 0.717) is 17.2 Å². The summed E-state index contributed by atoms with van der Waals surface area (Å²) in [4.78, 5) is 26.2. The molecular formula is C26H23ClF3N3O4. The zero-order valence-corrected chi connectivity index (χ0v) is 20.5. The number of hydrogen-bond acceptors (Lipinski definition) is 5. The molecule has 37 heavy (non-hydrogen) atoms. The molecule has 0 saturated carbocycles. The van der Waals surface area contributed by atoms with Crippen LogP contribution in [0.4, 0.5) is 30.2 Å².